The number of hydrogen-bond donors (Lipinski definition) is 0. The highest BCUT2D eigenvalue weighted by atomic mass is 16.2. The minimum Gasteiger partial charge on any atom is -0.378 e. The Labute approximate surface area is 146 Å². The summed E-state index contributed by atoms with van der Waals surface area (Å²) in [6.45, 7) is 0. The van der Waals surface area contributed by atoms with E-state index >= 15 is 0 Å². The Morgan fingerprint density at radius 1 is 0.917 bits per heavy atom. The number of nitrogens with zero attached hydrogens (tertiary/aromatic N) is 3. The van der Waals surface area contributed by atoms with Gasteiger partial charge in [0.25, 0.3) is 5.91 Å². The van der Waals surface area contributed by atoms with Gasteiger partial charge in [-0.25, -0.2) is 0 Å². The molecular formula is C20H31N3O. The van der Waals surface area contributed by atoms with E-state index in [-0.39, 0.29) is 5.91 Å². The molecule has 1 aromatic rings. The zero-order valence-electron chi connectivity index (χ0n) is 15.7. The van der Waals surface area contributed by atoms with Gasteiger partial charge in [-0.3, -0.25) is 4.79 Å². The second-order valence-electron chi connectivity index (χ2n) is 8.10. The van der Waals surface area contributed by atoms with Crippen molar-refractivity contribution in [1.29, 1.82) is 0 Å². The van der Waals surface area contributed by atoms with E-state index in [1.807, 2.05) is 55.2 Å². The Bertz CT molecular complexity index is 584. The molecule has 4 atom stereocenters. The monoisotopic (exact) mass is 329 g/mol. The van der Waals surface area contributed by atoms with Gasteiger partial charge in [-0.2, -0.15) is 0 Å². The van der Waals surface area contributed by atoms with Crippen LogP contribution >= 0.6 is 0 Å². The van der Waals surface area contributed by atoms with Crippen LogP contribution in [0.1, 0.15) is 36.0 Å². The maximum atomic E-state index is 12.9. The van der Waals surface area contributed by atoms with E-state index in [9.17, 15) is 4.79 Å². The van der Waals surface area contributed by atoms with Crippen molar-refractivity contribution in [3.05, 3.63) is 29.8 Å². The molecule has 2 unspecified atom stereocenters. The Morgan fingerprint density at radius 3 is 2.04 bits per heavy atom. The van der Waals surface area contributed by atoms with E-state index in [2.05, 4.69) is 19.0 Å². The number of carbonyl (C=O) groups is 1. The number of hydrogen-bond acceptors (Lipinski definition) is 3. The van der Waals surface area contributed by atoms with Crippen molar-refractivity contribution in [2.45, 2.75) is 37.8 Å². The molecule has 4 nitrogen and oxygen atoms in total. The first kappa shape index (κ1) is 17.3. The summed E-state index contributed by atoms with van der Waals surface area (Å²) in [5, 5.41) is 0. The Hall–Kier alpha value is -1.55. The van der Waals surface area contributed by atoms with Crippen LogP contribution in [0.3, 0.4) is 0 Å². The third-order valence-corrected chi connectivity index (χ3v) is 6.17. The Balaban J connectivity index is 1.65. The van der Waals surface area contributed by atoms with Crippen molar-refractivity contribution in [2.24, 2.45) is 11.8 Å². The lowest BCUT2D eigenvalue weighted by molar-refractivity contribution is 0.0726. The standard InChI is InChI=1S/C20H31N3O/c1-21(2)17-8-6-7-14(9-17)20(24)23(5)19-12-15-10-18(22(3)4)11-16(15)13-19/h6-9,15-16,18-19H,10-13H2,1-5H3/t15-,16+,18?,19?. The van der Waals surface area contributed by atoms with Crippen molar-refractivity contribution in [1.82, 2.24) is 9.80 Å². The van der Waals surface area contributed by atoms with Crippen molar-refractivity contribution >= 4 is 11.6 Å². The van der Waals surface area contributed by atoms with E-state index < -0.39 is 0 Å². The fraction of sp³-hybridized carbons (Fsp3) is 0.650. The van der Waals surface area contributed by atoms with E-state index in [0.29, 0.717) is 6.04 Å². The summed E-state index contributed by atoms with van der Waals surface area (Å²) < 4.78 is 0. The van der Waals surface area contributed by atoms with Gasteiger partial charge in [0.2, 0.25) is 0 Å². The first-order chi connectivity index (χ1) is 11.4. The molecule has 0 bridgehead atoms. The molecule has 0 N–H and O–H groups in total. The molecule has 2 aliphatic rings. The second kappa shape index (κ2) is 6.75. The zero-order valence-corrected chi connectivity index (χ0v) is 15.7. The zero-order chi connectivity index (χ0) is 17.4. The number of carbonyl (C=O) groups excluding carboxylic acids is 1. The van der Waals surface area contributed by atoms with Crippen LogP contribution < -0.4 is 4.90 Å². The SMILES string of the molecule is CN(C)c1cccc(C(=O)N(C)C2C[C@H]3CC(N(C)C)C[C@H]3C2)c1. The van der Waals surface area contributed by atoms with E-state index in [1.54, 1.807) is 0 Å². The summed E-state index contributed by atoms with van der Waals surface area (Å²) in [7, 11) is 10.4. The first-order valence-corrected chi connectivity index (χ1v) is 9.07. The molecule has 0 spiro atoms. The van der Waals surface area contributed by atoms with Crippen LogP contribution in [0.2, 0.25) is 0 Å². The fourth-order valence-corrected chi connectivity index (χ4v) is 4.58. The number of amides is 1. The number of fused-ring (bicyclic) bond motifs is 1. The maximum Gasteiger partial charge on any atom is 0.253 e. The molecule has 0 aromatic heterocycles. The highest BCUT2D eigenvalue weighted by molar-refractivity contribution is 5.95. The molecule has 2 saturated carbocycles. The predicted molar refractivity (Wildman–Crippen MR) is 99.6 cm³/mol. The number of benzene rings is 1. The summed E-state index contributed by atoms with van der Waals surface area (Å²) in [6, 6.07) is 9.08. The third-order valence-electron chi connectivity index (χ3n) is 6.17. The largest absolute Gasteiger partial charge is 0.378 e. The molecule has 2 aliphatic carbocycles. The van der Waals surface area contributed by atoms with E-state index in [1.165, 1.54) is 25.7 Å². The van der Waals surface area contributed by atoms with Gasteiger partial charge in [0.15, 0.2) is 0 Å². The van der Waals surface area contributed by atoms with E-state index in [4.69, 9.17) is 0 Å². The summed E-state index contributed by atoms with van der Waals surface area (Å²) >= 11 is 0. The molecule has 2 fully saturated rings. The Kier molecular flexibility index (Phi) is 4.86. The molecule has 3 rings (SSSR count). The smallest absolute Gasteiger partial charge is 0.253 e. The molecule has 1 amide bonds. The lowest BCUT2D eigenvalue weighted by Gasteiger charge is -2.27. The predicted octanol–water partition coefficient (Wildman–Crippen LogP) is 2.94. The molecule has 0 radical (unpaired) electrons. The van der Waals surface area contributed by atoms with Crippen LogP contribution in [0.5, 0.6) is 0 Å². The quantitative estimate of drug-likeness (QED) is 0.850. The van der Waals surface area contributed by atoms with Gasteiger partial charge in [0, 0.05) is 44.5 Å². The number of anilines is 1. The minimum atomic E-state index is 0.160. The van der Waals surface area contributed by atoms with Crippen molar-refractivity contribution in [2.75, 3.05) is 40.1 Å². The third kappa shape index (κ3) is 3.30. The fourth-order valence-electron chi connectivity index (χ4n) is 4.58. The molecule has 24 heavy (non-hydrogen) atoms. The van der Waals surface area contributed by atoms with Crippen molar-refractivity contribution in [3.8, 4) is 0 Å². The van der Waals surface area contributed by atoms with E-state index in [0.717, 1.165) is 29.1 Å². The normalized spacial score (nSPS) is 28.9. The first-order valence-electron chi connectivity index (χ1n) is 9.07. The van der Waals surface area contributed by atoms with Gasteiger partial charge in [-0.15, -0.1) is 0 Å². The van der Waals surface area contributed by atoms with Crippen LogP contribution in [-0.2, 0) is 0 Å². The molecule has 132 valence electrons. The highest BCUT2D eigenvalue weighted by Gasteiger charge is 2.44. The van der Waals surface area contributed by atoms with Gasteiger partial charge in [0.1, 0.15) is 0 Å². The molecule has 1 aromatic carbocycles. The van der Waals surface area contributed by atoms with Crippen LogP contribution in [0.15, 0.2) is 24.3 Å². The number of rotatable bonds is 4. The molecule has 4 heteroatoms. The topological polar surface area (TPSA) is 26.8 Å². The van der Waals surface area contributed by atoms with Crippen molar-refractivity contribution in [3.63, 3.8) is 0 Å². The lowest BCUT2D eigenvalue weighted by atomic mass is 10.0. The maximum absolute atomic E-state index is 12.9. The molecule has 0 saturated heterocycles. The summed E-state index contributed by atoms with van der Waals surface area (Å²) in [5.41, 5.74) is 1.87. The second-order valence-corrected chi connectivity index (χ2v) is 8.10. The average Bonchev–Trinajstić information content (AvgIpc) is 3.12. The van der Waals surface area contributed by atoms with Gasteiger partial charge in [0.05, 0.1) is 0 Å². The highest BCUT2D eigenvalue weighted by Crippen LogP contribution is 2.46. The van der Waals surface area contributed by atoms with Gasteiger partial charge >= 0.3 is 0 Å². The lowest BCUT2D eigenvalue weighted by Crippen LogP contribution is -2.36. The van der Waals surface area contributed by atoms with Crippen LogP contribution in [-0.4, -0.2) is 63.0 Å². The summed E-state index contributed by atoms with van der Waals surface area (Å²) in [4.78, 5) is 19.3. The van der Waals surface area contributed by atoms with Gasteiger partial charge in [-0.05, 0) is 69.8 Å². The van der Waals surface area contributed by atoms with Crippen molar-refractivity contribution < 1.29 is 4.79 Å². The minimum absolute atomic E-state index is 0.160. The summed E-state index contributed by atoms with van der Waals surface area (Å²) in [6.07, 6.45) is 4.94. The van der Waals surface area contributed by atoms with Gasteiger partial charge in [-0.1, -0.05) is 6.07 Å². The molecule has 0 heterocycles. The summed E-state index contributed by atoms with van der Waals surface area (Å²) in [5.74, 6) is 1.75. The average molecular weight is 329 g/mol. The molecular weight excluding hydrogens is 298 g/mol. The van der Waals surface area contributed by atoms with Gasteiger partial charge < -0.3 is 14.7 Å². The van der Waals surface area contributed by atoms with Crippen LogP contribution in [0, 0.1) is 11.8 Å². The molecule has 0 aliphatic heterocycles. The van der Waals surface area contributed by atoms with Crippen LogP contribution in [0.25, 0.3) is 0 Å². The Morgan fingerprint density at radius 2 is 1.50 bits per heavy atom. The van der Waals surface area contributed by atoms with Crippen LogP contribution in [0.4, 0.5) is 5.69 Å².